The minimum Gasteiger partial charge on any atom is -0.160 e. The lowest BCUT2D eigenvalue weighted by Crippen LogP contribution is -2.20. The van der Waals surface area contributed by atoms with Crippen molar-refractivity contribution in [2.45, 2.75) is 38.6 Å². The Bertz CT molecular complexity index is 161. The third-order valence-electron chi connectivity index (χ3n) is 2.15. The first-order chi connectivity index (χ1) is 6.33. The lowest BCUT2D eigenvalue weighted by Gasteiger charge is -2.26. The molecule has 0 aliphatic rings. The summed E-state index contributed by atoms with van der Waals surface area (Å²) in [4.78, 5) is 0. The van der Waals surface area contributed by atoms with E-state index in [1.807, 2.05) is 13.8 Å². The van der Waals surface area contributed by atoms with E-state index in [2.05, 4.69) is 0 Å². The molecule has 1 atom stereocenters. The summed E-state index contributed by atoms with van der Waals surface area (Å²) in [5, 5.41) is 0. The summed E-state index contributed by atoms with van der Waals surface area (Å²) in [6, 6.07) is 0. The molecule has 0 saturated heterocycles. The summed E-state index contributed by atoms with van der Waals surface area (Å²) in [5.41, 5.74) is -4.26. The molecule has 0 spiro atoms. The first-order valence-corrected chi connectivity index (χ1v) is 6.11. The maximum Gasteiger partial charge on any atom is 0.441 e. The molecule has 0 aromatic rings. The van der Waals surface area contributed by atoms with E-state index in [0.717, 1.165) is 12.8 Å². The van der Waals surface area contributed by atoms with Crippen LogP contribution in [0.2, 0.25) is 0 Å². The largest absolute Gasteiger partial charge is 0.441 e. The van der Waals surface area contributed by atoms with Gasteiger partial charge in [0, 0.05) is 11.6 Å². The fourth-order valence-corrected chi connectivity index (χ4v) is 2.37. The summed E-state index contributed by atoms with van der Waals surface area (Å²) in [7, 11) is 0. The van der Waals surface area contributed by atoms with Crippen molar-refractivity contribution < 1.29 is 13.2 Å². The topological polar surface area (TPSA) is 0 Å². The second-order valence-corrected chi connectivity index (χ2v) is 5.17. The van der Waals surface area contributed by atoms with Crippen LogP contribution >= 0.6 is 23.4 Å². The van der Waals surface area contributed by atoms with Crippen LogP contribution in [0.3, 0.4) is 0 Å². The zero-order chi connectivity index (χ0) is 11.2. The van der Waals surface area contributed by atoms with Crippen molar-refractivity contribution in [3.05, 3.63) is 0 Å². The lowest BCUT2D eigenvalue weighted by atomic mass is 9.85. The van der Waals surface area contributed by atoms with Crippen LogP contribution in [-0.2, 0) is 0 Å². The third-order valence-corrected chi connectivity index (χ3v) is 3.53. The molecule has 0 fully saturated rings. The second-order valence-electron chi connectivity index (χ2n) is 3.74. The summed E-state index contributed by atoms with van der Waals surface area (Å²) in [6.07, 6.45) is 2.36. The molecular formula is C9H16ClF3S. The highest BCUT2D eigenvalue weighted by atomic mass is 35.5. The van der Waals surface area contributed by atoms with E-state index in [9.17, 15) is 13.2 Å². The van der Waals surface area contributed by atoms with Crippen molar-refractivity contribution in [2.24, 2.45) is 5.41 Å². The van der Waals surface area contributed by atoms with Crippen LogP contribution in [-0.4, -0.2) is 17.1 Å². The molecule has 0 nitrogen and oxygen atoms in total. The van der Waals surface area contributed by atoms with Crippen LogP contribution in [0, 0.1) is 5.41 Å². The Morgan fingerprint density at radius 1 is 1.21 bits per heavy atom. The minimum atomic E-state index is -4.11. The quantitative estimate of drug-likeness (QED) is 0.616. The summed E-state index contributed by atoms with van der Waals surface area (Å²) in [5.74, 6) is 0.534. The van der Waals surface area contributed by atoms with Gasteiger partial charge in [-0.3, -0.25) is 0 Å². The Morgan fingerprint density at radius 3 is 2.14 bits per heavy atom. The van der Waals surface area contributed by atoms with Gasteiger partial charge in [0.15, 0.2) is 0 Å². The van der Waals surface area contributed by atoms with E-state index in [4.69, 9.17) is 11.6 Å². The van der Waals surface area contributed by atoms with E-state index in [-0.39, 0.29) is 22.9 Å². The van der Waals surface area contributed by atoms with Gasteiger partial charge in [-0.2, -0.15) is 13.2 Å². The Kier molecular flexibility index (Phi) is 6.30. The average molecular weight is 249 g/mol. The molecule has 0 radical (unpaired) electrons. The average Bonchev–Trinajstić information content (AvgIpc) is 2.02. The number of rotatable bonds is 6. The number of hydrogen-bond donors (Lipinski definition) is 0. The lowest BCUT2D eigenvalue weighted by molar-refractivity contribution is -0.0328. The molecule has 14 heavy (non-hydrogen) atoms. The molecule has 0 aromatic heterocycles. The fraction of sp³-hybridized carbons (Fsp3) is 1.00. The number of thioether (sulfide) groups is 1. The highest BCUT2D eigenvalue weighted by molar-refractivity contribution is 8.00. The van der Waals surface area contributed by atoms with Crippen LogP contribution in [0.5, 0.6) is 0 Å². The Morgan fingerprint density at radius 2 is 1.79 bits per heavy atom. The SMILES string of the molecule is CCCC(C)(CCl)CCSC(F)(F)F. The predicted molar refractivity (Wildman–Crippen MR) is 56.9 cm³/mol. The van der Waals surface area contributed by atoms with Gasteiger partial charge < -0.3 is 0 Å². The number of halogens is 4. The van der Waals surface area contributed by atoms with Crippen molar-refractivity contribution in [3.8, 4) is 0 Å². The standard InChI is InChI=1S/C9H16ClF3S/c1-3-4-8(2,7-10)5-6-14-9(11,12)13/h3-7H2,1-2H3. The van der Waals surface area contributed by atoms with Crippen LogP contribution < -0.4 is 0 Å². The van der Waals surface area contributed by atoms with Gasteiger partial charge in [-0.25, -0.2) is 0 Å². The summed E-state index contributed by atoms with van der Waals surface area (Å²) in [6.45, 7) is 3.96. The number of alkyl halides is 4. The number of hydrogen-bond acceptors (Lipinski definition) is 1. The predicted octanol–water partition coefficient (Wildman–Crippen LogP) is 4.67. The molecule has 0 amide bonds. The molecule has 1 unspecified atom stereocenters. The molecule has 0 rings (SSSR count). The van der Waals surface area contributed by atoms with Crippen LogP contribution in [0.4, 0.5) is 13.2 Å². The first-order valence-electron chi connectivity index (χ1n) is 4.59. The van der Waals surface area contributed by atoms with Crippen molar-refractivity contribution in [2.75, 3.05) is 11.6 Å². The van der Waals surface area contributed by atoms with Crippen molar-refractivity contribution in [1.82, 2.24) is 0 Å². The van der Waals surface area contributed by atoms with E-state index >= 15 is 0 Å². The van der Waals surface area contributed by atoms with Gasteiger partial charge in [0.1, 0.15) is 0 Å². The minimum absolute atomic E-state index is 0.0430. The Labute approximate surface area is 92.6 Å². The van der Waals surface area contributed by atoms with E-state index in [1.165, 1.54) is 0 Å². The van der Waals surface area contributed by atoms with Crippen molar-refractivity contribution in [3.63, 3.8) is 0 Å². The van der Waals surface area contributed by atoms with Gasteiger partial charge >= 0.3 is 5.51 Å². The zero-order valence-electron chi connectivity index (χ0n) is 8.46. The molecule has 0 aliphatic heterocycles. The highest BCUT2D eigenvalue weighted by Gasteiger charge is 2.30. The van der Waals surface area contributed by atoms with Crippen LogP contribution in [0.15, 0.2) is 0 Å². The molecule has 0 heterocycles. The normalized spacial score (nSPS) is 16.7. The smallest absolute Gasteiger partial charge is 0.160 e. The van der Waals surface area contributed by atoms with Crippen molar-refractivity contribution in [1.29, 1.82) is 0 Å². The molecule has 86 valence electrons. The second kappa shape index (κ2) is 6.11. The highest BCUT2D eigenvalue weighted by Crippen LogP contribution is 2.36. The van der Waals surface area contributed by atoms with Crippen LogP contribution in [0.25, 0.3) is 0 Å². The van der Waals surface area contributed by atoms with E-state index in [0.29, 0.717) is 12.3 Å². The van der Waals surface area contributed by atoms with Gasteiger partial charge in [0.25, 0.3) is 0 Å². The van der Waals surface area contributed by atoms with Gasteiger partial charge in [-0.1, -0.05) is 32.0 Å². The van der Waals surface area contributed by atoms with E-state index < -0.39 is 5.51 Å². The molecule has 0 bridgehead atoms. The van der Waals surface area contributed by atoms with E-state index in [1.54, 1.807) is 0 Å². The van der Waals surface area contributed by atoms with Gasteiger partial charge in [-0.05, 0) is 18.3 Å². The zero-order valence-corrected chi connectivity index (χ0v) is 10.0. The third kappa shape index (κ3) is 6.82. The molecule has 0 aliphatic carbocycles. The molecule has 0 saturated carbocycles. The maximum absolute atomic E-state index is 11.9. The molecule has 5 heteroatoms. The monoisotopic (exact) mass is 248 g/mol. The summed E-state index contributed by atoms with van der Waals surface area (Å²) < 4.78 is 35.6. The Hall–Kier alpha value is 0.430. The van der Waals surface area contributed by atoms with Gasteiger partial charge in [0.2, 0.25) is 0 Å². The molecule has 0 N–H and O–H groups in total. The maximum atomic E-state index is 11.9. The fourth-order valence-electron chi connectivity index (χ4n) is 1.28. The summed E-state index contributed by atoms with van der Waals surface area (Å²) >= 11 is 5.79. The van der Waals surface area contributed by atoms with Crippen molar-refractivity contribution >= 4 is 23.4 Å². The van der Waals surface area contributed by atoms with Gasteiger partial charge in [-0.15, -0.1) is 11.6 Å². The Balaban J connectivity index is 3.84. The molecule has 0 aromatic carbocycles. The molecular weight excluding hydrogens is 233 g/mol. The van der Waals surface area contributed by atoms with Crippen LogP contribution in [0.1, 0.15) is 33.1 Å². The first kappa shape index (κ1) is 14.4. The van der Waals surface area contributed by atoms with Gasteiger partial charge in [0.05, 0.1) is 0 Å².